The standard InChI is InChI=1S/C12H19N3O2/c1-3-9-6-10(15(2)14-9)7-12(16)11-8-17-5-4-13-11/h6,11,13H,3-5,7-8H2,1-2H3. The van der Waals surface area contributed by atoms with Crippen molar-refractivity contribution in [3.05, 3.63) is 17.5 Å². The maximum atomic E-state index is 12.0. The molecule has 0 saturated carbocycles. The highest BCUT2D eigenvalue weighted by Crippen LogP contribution is 2.07. The highest BCUT2D eigenvalue weighted by Gasteiger charge is 2.22. The van der Waals surface area contributed by atoms with Crippen LogP contribution in [0.2, 0.25) is 0 Å². The maximum Gasteiger partial charge on any atom is 0.158 e. The van der Waals surface area contributed by atoms with Gasteiger partial charge in [-0.3, -0.25) is 9.48 Å². The molecule has 0 aliphatic carbocycles. The van der Waals surface area contributed by atoms with Crippen molar-refractivity contribution in [3.63, 3.8) is 0 Å². The van der Waals surface area contributed by atoms with Gasteiger partial charge in [0.25, 0.3) is 0 Å². The Morgan fingerprint density at radius 3 is 3.12 bits per heavy atom. The molecule has 1 aromatic heterocycles. The lowest BCUT2D eigenvalue weighted by Crippen LogP contribution is -2.47. The van der Waals surface area contributed by atoms with E-state index in [0.29, 0.717) is 19.6 Å². The monoisotopic (exact) mass is 237 g/mol. The minimum Gasteiger partial charge on any atom is -0.378 e. The first-order valence-corrected chi connectivity index (χ1v) is 6.06. The minimum absolute atomic E-state index is 0.163. The zero-order chi connectivity index (χ0) is 12.3. The molecule has 0 aromatic carbocycles. The molecule has 5 heteroatoms. The molecule has 1 saturated heterocycles. The number of aryl methyl sites for hydroxylation is 2. The number of ether oxygens (including phenoxy) is 1. The van der Waals surface area contributed by atoms with E-state index in [0.717, 1.165) is 24.4 Å². The lowest BCUT2D eigenvalue weighted by molar-refractivity contribution is -0.123. The SMILES string of the molecule is CCc1cc(CC(=O)C2COCCN2)n(C)n1. The summed E-state index contributed by atoms with van der Waals surface area (Å²) in [6, 6.07) is 1.84. The predicted octanol–water partition coefficient (Wildman–Crippen LogP) is 0.0825. The van der Waals surface area contributed by atoms with Crippen LogP contribution in [-0.4, -0.2) is 41.4 Å². The molecule has 0 bridgehead atoms. The van der Waals surface area contributed by atoms with Crippen LogP contribution in [0.3, 0.4) is 0 Å². The number of morpholine rings is 1. The van der Waals surface area contributed by atoms with Gasteiger partial charge in [0, 0.05) is 19.3 Å². The minimum atomic E-state index is -0.163. The number of ketones is 1. The number of hydrogen-bond acceptors (Lipinski definition) is 4. The predicted molar refractivity (Wildman–Crippen MR) is 63.9 cm³/mol. The largest absolute Gasteiger partial charge is 0.378 e. The normalized spacial score (nSPS) is 20.5. The molecule has 2 rings (SSSR count). The zero-order valence-electron chi connectivity index (χ0n) is 10.4. The van der Waals surface area contributed by atoms with Gasteiger partial charge in [-0.2, -0.15) is 5.10 Å². The molecule has 1 atom stereocenters. The molecule has 0 spiro atoms. The van der Waals surface area contributed by atoms with E-state index in [-0.39, 0.29) is 11.8 Å². The topological polar surface area (TPSA) is 56.1 Å². The summed E-state index contributed by atoms with van der Waals surface area (Å²) < 4.78 is 7.08. The Bertz CT molecular complexity index is 394. The van der Waals surface area contributed by atoms with Gasteiger partial charge in [0.05, 0.1) is 31.4 Å². The second-order valence-electron chi connectivity index (χ2n) is 4.33. The van der Waals surface area contributed by atoms with Gasteiger partial charge in [0.1, 0.15) is 0 Å². The Kier molecular flexibility index (Phi) is 3.91. The number of rotatable bonds is 4. The smallest absolute Gasteiger partial charge is 0.158 e. The summed E-state index contributed by atoms with van der Waals surface area (Å²) in [5.74, 6) is 0.176. The molecule has 1 fully saturated rings. The van der Waals surface area contributed by atoms with Gasteiger partial charge in [0.2, 0.25) is 0 Å². The molecule has 5 nitrogen and oxygen atoms in total. The van der Waals surface area contributed by atoms with E-state index < -0.39 is 0 Å². The average molecular weight is 237 g/mol. The Morgan fingerprint density at radius 1 is 1.71 bits per heavy atom. The number of hydrogen-bond donors (Lipinski definition) is 1. The van der Waals surface area contributed by atoms with E-state index >= 15 is 0 Å². The van der Waals surface area contributed by atoms with E-state index in [9.17, 15) is 4.79 Å². The summed E-state index contributed by atoms with van der Waals surface area (Å²) in [5, 5.41) is 7.52. The first-order valence-electron chi connectivity index (χ1n) is 6.06. The Balaban J connectivity index is 1.99. The van der Waals surface area contributed by atoms with Crippen LogP contribution in [0.15, 0.2) is 6.07 Å². The summed E-state index contributed by atoms with van der Waals surface area (Å²) >= 11 is 0. The maximum absolute atomic E-state index is 12.0. The van der Waals surface area contributed by atoms with Crippen LogP contribution in [-0.2, 0) is 29.4 Å². The fourth-order valence-electron chi connectivity index (χ4n) is 1.98. The van der Waals surface area contributed by atoms with E-state index in [1.807, 2.05) is 13.1 Å². The Morgan fingerprint density at radius 2 is 2.53 bits per heavy atom. The van der Waals surface area contributed by atoms with Gasteiger partial charge >= 0.3 is 0 Å². The Labute approximate surface area is 101 Å². The summed E-state index contributed by atoms with van der Waals surface area (Å²) in [6.45, 7) is 3.99. The Hall–Kier alpha value is -1.20. The van der Waals surface area contributed by atoms with E-state index in [1.165, 1.54) is 0 Å². The van der Waals surface area contributed by atoms with Gasteiger partial charge < -0.3 is 10.1 Å². The third-order valence-corrected chi connectivity index (χ3v) is 3.06. The third-order valence-electron chi connectivity index (χ3n) is 3.06. The molecule has 17 heavy (non-hydrogen) atoms. The molecule has 0 amide bonds. The highest BCUT2D eigenvalue weighted by atomic mass is 16.5. The number of aromatic nitrogens is 2. The molecular weight excluding hydrogens is 218 g/mol. The van der Waals surface area contributed by atoms with Crippen molar-refractivity contribution in [2.75, 3.05) is 19.8 Å². The van der Waals surface area contributed by atoms with E-state index in [2.05, 4.69) is 17.3 Å². The quantitative estimate of drug-likeness (QED) is 0.806. The summed E-state index contributed by atoms with van der Waals surface area (Å²) in [5.41, 5.74) is 2.00. The van der Waals surface area contributed by atoms with Crippen LogP contribution in [0.25, 0.3) is 0 Å². The third kappa shape index (κ3) is 2.92. The molecule has 1 unspecified atom stereocenters. The lowest BCUT2D eigenvalue weighted by Gasteiger charge is -2.22. The molecule has 1 aromatic rings. The van der Waals surface area contributed by atoms with Crippen LogP contribution < -0.4 is 5.32 Å². The first kappa shape index (κ1) is 12.3. The fraction of sp³-hybridized carbons (Fsp3) is 0.667. The first-order chi connectivity index (χ1) is 8.20. The van der Waals surface area contributed by atoms with E-state index in [4.69, 9.17) is 4.74 Å². The van der Waals surface area contributed by atoms with Crippen molar-refractivity contribution in [1.82, 2.24) is 15.1 Å². The molecule has 2 heterocycles. The van der Waals surface area contributed by atoms with Crippen LogP contribution in [0.4, 0.5) is 0 Å². The summed E-state index contributed by atoms with van der Waals surface area (Å²) in [6.07, 6.45) is 1.32. The van der Waals surface area contributed by atoms with Crippen LogP contribution >= 0.6 is 0 Å². The number of nitrogens with one attached hydrogen (secondary N) is 1. The van der Waals surface area contributed by atoms with Gasteiger partial charge in [-0.15, -0.1) is 0 Å². The van der Waals surface area contributed by atoms with E-state index in [1.54, 1.807) is 4.68 Å². The highest BCUT2D eigenvalue weighted by molar-refractivity contribution is 5.86. The van der Waals surface area contributed by atoms with Gasteiger partial charge in [-0.25, -0.2) is 0 Å². The summed E-state index contributed by atoms with van der Waals surface area (Å²) in [4.78, 5) is 12.0. The molecule has 1 aliphatic heterocycles. The number of Topliss-reactive ketones (excluding diaryl/α,β-unsaturated/α-hetero) is 1. The average Bonchev–Trinajstić information content (AvgIpc) is 2.71. The van der Waals surface area contributed by atoms with Gasteiger partial charge in [-0.05, 0) is 12.5 Å². The number of nitrogens with zero attached hydrogens (tertiary/aromatic N) is 2. The number of carbonyl (C=O) groups excluding carboxylic acids is 1. The lowest BCUT2D eigenvalue weighted by atomic mass is 10.1. The van der Waals surface area contributed by atoms with Crippen LogP contribution in [0, 0.1) is 0 Å². The van der Waals surface area contributed by atoms with Crippen molar-refractivity contribution in [2.45, 2.75) is 25.8 Å². The van der Waals surface area contributed by atoms with Crippen LogP contribution in [0.1, 0.15) is 18.3 Å². The molecule has 1 aliphatic rings. The molecule has 1 N–H and O–H groups in total. The number of carbonyl (C=O) groups is 1. The summed E-state index contributed by atoms with van der Waals surface area (Å²) in [7, 11) is 1.88. The van der Waals surface area contributed by atoms with Crippen molar-refractivity contribution in [3.8, 4) is 0 Å². The molecular formula is C12H19N3O2. The fourth-order valence-corrected chi connectivity index (χ4v) is 1.98. The zero-order valence-corrected chi connectivity index (χ0v) is 10.4. The van der Waals surface area contributed by atoms with Crippen molar-refractivity contribution < 1.29 is 9.53 Å². The van der Waals surface area contributed by atoms with Crippen LogP contribution in [0.5, 0.6) is 0 Å². The van der Waals surface area contributed by atoms with Gasteiger partial charge in [0.15, 0.2) is 5.78 Å². The van der Waals surface area contributed by atoms with Gasteiger partial charge in [-0.1, -0.05) is 6.92 Å². The molecule has 0 radical (unpaired) electrons. The van der Waals surface area contributed by atoms with Crippen molar-refractivity contribution in [2.24, 2.45) is 7.05 Å². The second kappa shape index (κ2) is 5.42. The van der Waals surface area contributed by atoms with Crippen molar-refractivity contribution in [1.29, 1.82) is 0 Å². The van der Waals surface area contributed by atoms with Crippen molar-refractivity contribution >= 4 is 5.78 Å². The molecule has 94 valence electrons. The second-order valence-corrected chi connectivity index (χ2v) is 4.33.